The molecule has 0 aliphatic heterocycles. The van der Waals surface area contributed by atoms with Crippen molar-refractivity contribution in [1.82, 2.24) is 15.0 Å². The van der Waals surface area contributed by atoms with Gasteiger partial charge in [-0.15, -0.1) is 0 Å². The van der Waals surface area contributed by atoms with Crippen molar-refractivity contribution in [2.24, 2.45) is 0 Å². The zero-order chi connectivity index (χ0) is 33.9. The van der Waals surface area contributed by atoms with Crippen LogP contribution >= 0.6 is 0 Å². The molecule has 0 N–H and O–H groups in total. The standard InChI is InChI=1S/C45H27N5/c1-47-39-27-30(29-46)26-38(28-39)31-18-20-32(21-19-31)40-16-8-14-34-15-9-17-41(42(34)40)33-22-24-37(25-23-33)45-49-43(35-10-4-2-5-11-35)48-44(50-45)36-12-6-3-7-13-36/h2-28H. The summed E-state index contributed by atoms with van der Waals surface area (Å²) >= 11 is 0. The van der Waals surface area contributed by atoms with E-state index in [-0.39, 0.29) is 0 Å². The lowest BCUT2D eigenvalue weighted by atomic mass is 9.90. The summed E-state index contributed by atoms with van der Waals surface area (Å²) in [6, 6.07) is 57.0. The molecule has 1 heterocycles. The first-order valence-corrected chi connectivity index (χ1v) is 16.2. The second-order valence-corrected chi connectivity index (χ2v) is 11.9. The Labute approximate surface area is 290 Å². The molecule has 7 aromatic carbocycles. The highest BCUT2D eigenvalue weighted by molar-refractivity contribution is 6.06. The van der Waals surface area contributed by atoms with Gasteiger partial charge in [-0.05, 0) is 62.4 Å². The van der Waals surface area contributed by atoms with Gasteiger partial charge in [0, 0.05) is 22.3 Å². The summed E-state index contributed by atoms with van der Waals surface area (Å²) in [4.78, 5) is 18.2. The number of nitrogens with zero attached hydrogens (tertiary/aromatic N) is 5. The first-order valence-electron chi connectivity index (χ1n) is 16.2. The molecule has 0 saturated carbocycles. The van der Waals surface area contributed by atoms with Gasteiger partial charge in [0.1, 0.15) is 0 Å². The lowest BCUT2D eigenvalue weighted by Crippen LogP contribution is -2.00. The van der Waals surface area contributed by atoms with Crippen LogP contribution in [0.4, 0.5) is 5.69 Å². The van der Waals surface area contributed by atoms with E-state index in [0.717, 1.165) is 60.8 Å². The Hall–Kier alpha value is -7.21. The maximum atomic E-state index is 9.46. The minimum absolute atomic E-state index is 0.455. The molecule has 0 bridgehead atoms. The number of aromatic nitrogens is 3. The summed E-state index contributed by atoms with van der Waals surface area (Å²) in [5, 5.41) is 11.8. The van der Waals surface area contributed by atoms with Gasteiger partial charge >= 0.3 is 0 Å². The summed E-state index contributed by atoms with van der Waals surface area (Å²) < 4.78 is 0. The third kappa shape index (κ3) is 5.88. The second-order valence-electron chi connectivity index (χ2n) is 11.9. The Bertz CT molecular complexity index is 2490. The molecule has 5 nitrogen and oxygen atoms in total. The van der Waals surface area contributed by atoms with Crippen LogP contribution in [0.25, 0.3) is 83.2 Å². The van der Waals surface area contributed by atoms with Gasteiger partial charge in [0.05, 0.1) is 12.6 Å². The predicted molar refractivity (Wildman–Crippen MR) is 201 cm³/mol. The highest BCUT2D eigenvalue weighted by Crippen LogP contribution is 2.38. The molecule has 8 rings (SSSR count). The molecule has 0 spiro atoms. The molecule has 0 aliphatic carbocycles. The van der Waals surface area contributed by atoms with Crippen LogP contribution in [0.3, 0.4) is 0 Å². The summed E-state index contributed by atoms with van der Waals surface area (Å²) in [6.07, 6.45) is 0. The molecular weight excluding hydrogens is 611 g/mol. The normalized spacial score (nSPS) is 10.8. The molecule has 50 heavy (non-hydrogen) atoms. The average molecular weight is 638 g/mol. The SMILES string of the molecule is [C-]#[N+]c1cc(C#N)cc(-c2ccc(-c3cccc4cccc(-c5ccc(-c6nc(-c7ccccc7)nc(-c7ccccc7)n6)cc5)c34)cc2)c1. The molecule has 5 heteroatoms. The Morgan fingerprint density at radius 3 is 1.38 bits per heavy atom. The van der Waals surface area contributed by atoms with Crippen LogP contribution in [0, 0.1) is 17.9 Å². The number of rotatable bonds is 6. The predicted octanol–water partition coefficient (Wildman–Crippen LogP) is 11.4. The van der Waals surface area contributed by atoms with Gasteiger partial charge in [0.25, 0.3) is 0 Å². The molecule has 0 atom stereocenters. The van der Waals surface area contributed by atoms with E-state index >= 15 is 0 Å². The number of fused-ring (bicyclic) bond motifs is 1. The molecule has 8 aromatic rings. The van der Waals surface area contributed by atoms with Crippen LogP contribution in [0.2, 0.25) is 0 Å². The first kappa shape index (κ1) is 30.1. The topological polar surface area (TPSA) is 66.8 Å². The molecule has 0 fully saturated rings. The van der Waals surface area contributed by atoms with Gasteiger partial charge in [0.15, 0.2) is 23.2 Å². The van der Waals surface area contributed by atoms with E-state index in [0.29, 0.717) is 28.7 Å². The minimum atomic E-state index is 0.455. The molecule has 0 amide bonds. The van der Waals surface area contributed by atoms with E-state index in [1.165, 1.54) is 0 Å². The maximum Gasteiger partial charge on any atom is 0.189 e. The largest absolute Gasteiger partial charge is 0.238 e. The molecule has 0 unspecified atom stereocenters. The fourth-order valence-electron chi connectivity index (χ4n) is 6.31. The number of benzene rings is 7. The smallest absolute Gasteiger partial charge is 0.189 e. The van der Waals surface area contributed by atoms with Crippen molar-refractivity contribution >= 4 is 16.5 Å². The molecule has 232 valence electrons. The third-order valence-electron chi connectivity index (χ3n) is 8.76. The van der Waals surface area contributed by atoms with Gasteiger partial charge in [-0.1, -0.05) is 146 Å². The van der Waals surface area contributed by atoms with Gasteiger partial charge in [-0.3, -0.25) is 0 Å². The van der Waals surface area contributed by atoms with Crippen LogP contribution in [0.15, 0.2) is 164 Å². The van der Waals surface area contributed by atoms with E-state index in [1.54, 1.807) is 6.07 Å². The lowest BCUT2D eigenvalue weighted by molar-refractivity contribution is 1.07. The Morgan fingerprint density at radius 1 is 0.440 bits per heavy atom. The van der Waals surface area contributed by atoms with Crippen LogP contribution in [0.5, 0.6) is 0 Å². The quantitative estimate of drug-likeness (QED) is 0.170. The van der Waals surface area contributed by atoms with Crippen molar-refractivity contribution in [3.8, 4) is 73.6 Å². The van der Waals surface area contributed by atoms with E-state index in [9.17, 15) is 5.26 Å². The summed E-state index contributed by atoms with van der Waals surface area (Å²) in [7, 11) is 0. The van der Waals surface area contributed by atoms with E-state index in [1.807, 2.05) is 72.8 Å². The van der Waals surface area contributed by atoms with E-state index in [2.05, 4.69) is 95.8 Å². The van der Waals surface area contributed by atoms with Crippen LogP contribution in [-0.4, -0.2) is 15.0 Å². The highest BCUT2D eigenvalue weighted by Gasteiger charge is 2.14. The van der Waals surface area contributed by atoms with Gasteiger partial charge in [-0.2, -0.15) is 5.26 Å². The number of hydrogen-bond acceptors (Lipinski definition) is 4. The van der Waals surface area contributed by atoms with Crippen molar-refractivity contribution in [2.75, 3.05) is 0 Å². The van der Waals surface area contributed by atoms with Crippen LogP contribution in [0.1, 0.15) is 5.56 Å². The maximum absolute atomic E-state index is 9.46. The minimum Gasteiger partial charge on any atom is -0.238 e. The zero-order valence-corrected chi connectivity index (χ0v) is 26.8. The zero-order valence-electron chi connectivity index (χ0n) is 26.8. The van der Waals surface area contributed by atoms with Crippen molar-refractivity contribution in [1.29, 1.82) is 5.26 Å². The van der Waals surface area contributed by atoms with Crippen molar-refractivity contribution in [2.45, 2.75) is 0 Å². The fourth-order valence-corrected chi connectivity index (χ4v) is 6.31. The molecule has 0 aliphatic rings. The summed E-state index contributed by atoms with van der Waals surface area (Å²) in [5.74, 6) is 1.88. The van der Waals surface area contributed by atoms with Crippen molar-refractivity contribution < 1.29 is 0 Å². The van der Waals surface area contributed by atoms with Crippen molar-refractivity contribution in [3.05, 3.63) is 181 Å². The average Bonchev–Trinajstić information content (AvgIpc) is 3.20. The highest BCUT2D eigenvalue weighted by atomic mass is 15.0. The summed E-state index contributed by atoms with van der Waals surface area (Å²) in [6.45, 7) is 7.43. The van der Waals surface area contributed by atoms with Gasteiger partial charge in [0.2, 0.25) is 0 Å². The number of nitriles is 1. The second kappa shape index (κ2) is 13.1. The molecular formula is C45H27N5. The number of hydrogen-bond donors (Lipinski definition) is 0. The van der Waals surface area contributed by atoms with Gasteiger partial charge < -0.3 is 0 Å². The Kier molecular flexibility index (Phi) is 7.91. The molecule has 0 radical (unpaired) electrons. The van der Waals surface area contributed by atoms with Crippen LogP contribution < -0.4 is 0 Å². The third-order valence-corrected chi connectivity index (χ3v) is 8.76. The molecule has 0 saturated heterocycles. The Balaban J connectivity index is 1.18. The van der Waals surface area contributed by atoms with E-state index < -0.39 is 0 Å². The van der Waals surface area contributed by atoms with Gasteiger partial charge in [-0.25, -0.2) is 19.8 Å². The van der Waals surface area contributed by atoms with E-state index in [4.69, 9.17) is 21.5 Å². The van der Waals surface area contributed by atoms with Crippen molar-refractivity contribution in [3.63, 3.8) is 0 Å². The van der Waals surface area contributed by atoms with Crippen LogP contribution in [-0.2, 0) is 0 Å². The monoisotopic (exact) mass is 637 g/mol. The fraction of sp³-hybridized carbons (Fsp3) is 0. The Morgan fingerprint density at radius 2 is 0.900 bits per heavy atom. The first-order chi connectivity index (χ1) is 24.7. The summed E-state index contributed by atoms with van der Waals surface area (Å²) in [5.41, 5.74) is 9.94. The lowest BCUT2D eigenvalue weighted by Gasteiger charge is -2.14. The molecule has 1 aromatic heterocycles.